The van der Waals surface area contributed by atoms with Crippen molar-refractivity contribution < 1.29 is 14.3 Å². The molecule has 1 aromatic heterocycles. The summed E-state index contributed by atoms with van der Waals surface area (Å²) in [6, 6.07) is 9.26. The van der Waals surface area contributed by atoms with Crippen LogP contribution < -0.4 is 5.32 Å². The van der Waals surface area contributed by atoms with Gasteiger partial charge in [-0.25, -0.2) is 4.98 Å². The molecule has 0 saturated heterocycles. The third-order valence-electron chi connectivity index (χ3n) is 3.30. The van der Waals surface area contributed by atoms with Crippen molar-refractivity contribution in [2.24, 2.45) is 7.05 Å². The average molecular weight is 333 g/mol. The summed E-state index contributed by atoms with van der Waals surface area (Å²) in [6.07, 6.45) is 3.51. The summed E-state index contributed by atoms with van der Waals surface area (Å²) in [6.45, 7) is 0.205. The van der Waals surface area contributed by atoms with Gasteiger partial charge in [-0.05, 0) is 5.56 Å². The number of benzene rings is 1. The molecule has 1 N–H and O–H groups in total. The largest absolute Gasteiger partial charge is 0.468 e. The summed E-state index contributed by atoms with van der Waals surface area (Å²) in [7, 11) is 3.22. The van der Waals surface area contributed by atoms with Gasteiger partial charge in [0.05, 0.1) is 18.8 Å². The first-order valence-corrected chi connectivity index (χ1v) is 8.10. The van der Waals surface area contributed by atoms with E-state index < -0.39 is 5.92 Å². The van der Waals surface area contributed by atoms with Crippen LogP contribution in [0.5, 0.6) is 0 Å². The lowest BCUT2D eigenvalue weighted by atomic mass is 9.99. The zero-order valence-electron chi connectivity index (χ0n) is 13.1. The summed E-state index contributed by atoms with van der Waals surface area (Å²) in [5, 5.41) is 3.55. The number of aromatic nitrogens is 2. The highest BCUT2D eigenvalue weighted by molar-refractivity contribution is 7.99. The van der Waals surface area contributed by atoms with Gasteiger partial charge in [-0.3, -0.25) is 9.59 Å². The number of aryl methyl sites for hydroxylation is 1. The number of rotatable bonds is 7. The number of carbonyl (C=O) groups excluding carboxylic acids is 2. The maximum absolute atomic E-state index is 12.0. The van der Waals surface area contributed by atoms with Crippen LogP contribution in [0.15, 0.2) is 47.9 Å². The Balaban J connectivity index is 1.89. The van der Waals surface area contributed by atoms with Crippen molar-refractivity contribution in [1.29, 1.82) is 0 Å². The third kappa shape index (κ3) is 4.85. The van der Waals surface area contributed by atoms with E-state index in [2.05, 4.69) is 10.3 Å². The SMILES string of the molecule is COC(=O)[C@H](CNC(=O)CSc1nccn1C)c1ccccc1. The van der Waals surface area contributed by atoms with Crippen LogP contribution in [-0.4, -0.2) is 40.8 Å². The van der Waals surface area contributed by atoms with Gasteiger partial charge in [0.2, 0.25) is 5.91 Å². The van der Waals surface area contributed by atoms with Gasteiger partial charge in [-0.2, -0.15) is 0 Å². The lowest BCUT2D eigenvalue weighted by molar-refractivity contribution is -0.142. The number of methoxy groups -OCH3 is 1. The number of carbonyl (C=O) groups is 2. The lowest BCUT2D eigenvalue weighted by Crippen LogP contribution is -2.33. The summed E-state index contributed by atoms with van der Waals surface area (Å²) in [4.78, 5) is 28.0. The predicted molar refractivity (Wildman–Crippen MR) is 88.1 cm³/mol. The van der Waals surface area contributed by atoms with Gasteiger partial charge in [0.1, 0.15) is 0 Å². The second-order valence-corrected chi connectivity index (χ2v) is 5.84. The molecule has 0 aliphatic rings. The predicted octanol–water partition coefficient (Wildman–Crippen LogP) is 1.59. The van der Waals surface area contributed by atoms with Crippen molar-refractivity contribution in [3.05, 3.63) is 48.3 Å². The Morgan fingerprint density at radius 2 is 2.09 bits per heavy atom. The van der Waals surface area contributed by atoms with Gasteiger partial charge >= 0.3 is 5.97 Å². The minimum Gasteiger partial charge on any atom is -0.468 e. The van der Waals surface area contributed by atoms with Crippen molar-refractivity contribution in [2.45, 2.75) is 11.1 Å². The van der Waals surface area contributed by atoms with E-state index in [9.17, 15) is 9.59 Å². The smallest absolute Gasteiger partial charge is 0.314 e. The van der Waals surface area contributed by atoms with Crippen LogP contribution >= 0.6 is 11.8 Å². The fraction of sp³-hybridized carbons (Fsp3) is 0.312. The van der Waals surface area contributed by atoms with Gasteiger partial charge in [-0.1, -0.05) is 42.1 Å². The number of amides is 1. The molecule has 0 spiro atoms. The first-order chi connectivity index (χ1) is 11.1. The highest BCUT2D eigenvalue weighted by atomic mass is 32.2. The van der Waals surface area contributed by atoms with E-state index in [-0.39, 0.29) is 24.2 Å². The van der Waals surface area contributed by atoms with Gasteiger partial charge in [0.25, 0.3) is 0 Å². The molecule has 0 saturated carbocycles. The summed E-state index contributed by atoms with van der Waals surface area (Å²) >= 11 is 1.35. The Labute approximate surface area is 139 Å². The van der Waals surface area contributed by atoms with Crippen LogP contribution in [0, 0.1) is 0 Å². The van der Waals surface area contributed by atoms with Crippen LogP contribution in [0.25, 0.3) is 0 Å². The maximum atomic E-state index is 12.0. The van der Waals surface area contributed by atoms with Gasteiger partial charge in [0, 0.05) is 26.0 Å². The monoisotopic (exact) mass is 333 g/mol. The Kier molecular flexibility index (Phi) is 6.22. The van der Waals surface area contributed by atoms with E-state index in [1.54, 1.807) is 6.20 Å². The molecule has 0 aliphatic heterocycles. The minimum atomic E-state index is -0.511. The first kappa shape index (κ1) is 17.1. The molecule has 0 aliphatic carbocycles. The highest BCUT2D eigenvalue weighted by Crippen LogP contribution is 2.17. The quantitative estimate of drug-likeness (QED) is 0.615. The van der Waals surface area contributed by atoms with E-state index in [4.69, 9.17) is 4.74 Å². The molecule has 1 atom stereocenters. The van der Waals surface area contributed by atoms with E-state index >= 15 is 0 Å². The Bertz CT molecular complexity index is 658. The van der Waals surface area contributed by atoms with E-state index in [1.807, 2.05) is 48.1 Å². The summed E-state index contributed by atoms with van der Waals surface area (Å²) < 4.78 is 6.67. The van der Waals surface area contributed by atoms with Gasteiger partial charge in [0.15, 0.2) is 5.16 Å². The van der Waals surface area contributed by atoms with Crippen molar-refractivity contribution in [3.8, 4) is 0 Å². The molecule has 0 bridgehead atoms. The van der Waals surface area contributed by atoms with Crippen molar-refractivity contribution in [2.75, 3.05) is 19.4 Å². The number of hydrogen-bond donors (Lipinski definition) is 1. The molecule has 2 aromatic rings. The number of nitrogens with one attached hydrogen (secondary N) is 1. The number of esters is 1. The zero-order chi connectivity index (χ0) is 16.7. The summed E-state index contributed by atoms with van der Waals surface area (Å²) in [5.74, 6) is -0.785. The van der Waals surface area contributed by atoms with Crippen molar-refractivity contribution >= 4 is 23.6 Å². The molecular weight excluding hydrogens is 314 g/mol. The molecule has 0 radical (unpaired) electrons. The molecule has 0 fully saturated rings. The zero-order valence-corrected chi connectivity index (χ0v) is 13.9. The number of hydrogen-bond acceptors (Lipinski definition) is 5. The highest BCUT2D eigenvalue weighted by Gasteiger charge is 2.22. The molecule has 6 nitrogen and oxygen atoms in total. The fourth-order valence-electron chi connectivity index (χ4n) is 2.05. The first-order valence-electron chi connectivity index (χ1n) is 7.11. The summed E-state index contributed by atoms with van der Waals surface area (Å²) in [5.41, 5.74) is 0.816. The van der Waals surface area contributed by atoms with E-state index in [1.165, 1.54) is 18.9 Å². The molecule has 2 rings (SSSR count). The van der Waals surface area contributed by atoms with Crippen LogP contribution in [0.4, 0.5) is 0 Å². The van der Waals surface area contributed by atoms with Crippen molar-refractivity contribution in [1.82, 2.24) is 14.9 Å². The third-order valence-corrected chi connectivity index (χ3v) is 4.36. The molecule has 23 heavy (non-hydrogen) atoms. The molecule has 7 heteroatoms. The van der Waals surface area contributed by atoms with Crippen LogP contribution in [0.3, 0.4) is 0 Å². The Morgan fingerprint density at radius 1 is 1.35 bits per heavy atom. The molecular formula is C16H19N3O3S. The van der Waals surface area contributed by atoms with Gasteiger partial charge in [-0.15, -0.1) is 0 Å². The molecule has 122 valence electrons. The average Bonchev–Trinajstić information content (AvgIpc) is 2.99. The second kappa shape index (κ2) is 8.38. The van der Waals surface area contributed by atoms with Crippen LogP contribution in [0.1, 0.15) is 11.5 Å². The molecule has 1 amide bonds. The fourth-order valence-corrected chi connectivity index (χ4v) is 2.82. The van der Waals surface area contributed by atoms with Crippen molar-refractivity contribution in [3.63, 3.8) is 0 Å². The topological polar surface area (TPSA) is 73.2 Å². The van der Waals surface area contributed by atoms with E-state index in [0.717, 1.165) is 10.7 Å². The van der Waals surface area contributed by atoms with Crippen LogP contribution in [-0.2, 0) is 21.4 Å². The number of ether oxygens (including phenoxy) is 1. The normalized spacial score (nSPS) is 11.7. The Hall–Kier alpha value is -2.28. The standard InChI is InChI=1S/C16H19N3O3S/c1-19-9-8-17-16(19)23-11-14(20)18-10-13(15(21)22-2)12-6-4-3-5-7-12/h3-9,13H,10-11H2,1-2H3,(H,18,20)/t13-/m1/s1. The number of imidazole rings is 1. The molecule has 1 aromatic carbocycles. The molecule has 0 unspecified atom stereocenters. The lowest BCUT2D eigenvalue weighted by Gasteiger charge is -2.15. The van der Waals surface area contributed by atoms with E-state index in [0.29, 0.717) is 0 Å². The number of thioether (sulfide) groups is 1. The van der Waals surface area contributed by atoms with Gasteiger partial charge < -0.3 is 14.6 Å². The maximum Gasteiger partial charge on any atom is 0.314 e. The number of nitrogens with zero attached hydrogens (tertiary/aromatic N) is 2. The van der Waals surface area contributed by atoms with Crippen LogP contribution in [0.2, 0.25) is 0 Å². The molecule has 1 heterocycles. The Morgan fingerprint density at radius 3 is 2.70 bits per heavy atom. The minimum absolute atomic E-state index is 0.150. The second-order valence-electron chi connectivity index (χ2n) is 4.90.